The molecule has 3 unspecified atom stereocenters. The lowest BCUT2D eigenvalue weighted by Gasteiger charge is -2.36. The molecule has 1 saturated carbocycles. The highest BCUT2D eigenvalue weighted by atomic mass is 16.1. The lowest BCUT2D eigenvalue weighted by atomic mass is 9.78. The van der Waals surface area contributed by atoms with Crippen LogP contribution in [-0.4, -0.2) is 17.6 Å². The Labute approximate surface area is 114 Å². The molecule has 1 aliphatic rings. The summed E-state index contributed by atoms with van der Waals surface area (Å²) in [5, 5.41) is 3.36. The summed E-state index contributed by atoms with van der Waals surface area (Å²) in [6, 6.07) is 9.63. The van der Waals surface area contributed by atoms with E-state index in [1.165, 1.54) is 0 Å². The Bertz CT molecular complexity index is 455. The smallest absolute Gasteiger partial charge is 0.154 e. The van der Waals surface area contributed by atoms with Crippen molar-refractivity contribution in [2.24, 2.45) is 5.92 Å². The highest BCUT2D eigenvalue weighted by Gasteiger charge is 2.38. The summed E-state index contributed by atoms with van der Waals surface area (Å²) in [7, 11) is 0. The summed E-state index contributed by atoms with van der Waals surface area (Å²) < 4.78 is 0. The van der Waals surface area contributed by atoms with Gasteiger partial charge in [-0.05, 0) is 12.0 Å². The van der Waals surface area contributed by atoms with Crippen molar-refractivity contribution in [2.75, 3.05) is 0 Å². The van der Waals surface area contributed by atoms with Crippen molar-refractivity contribution in [1.82, 2.24) is 5.32 Å². The van der Waals surface area contributed by atoms with E-state index in [0.717, 1.165) is 12.0 Å². The van der Waals surface area contributed by atoms with Gasteiger partial charge in [0.2, 0.25) is 0 Å². The molecule has 3 atom stereocenters. The van der Waals surface area contributed by atoms with Gasteiger partial charge < -0.3 is 0 Å². The van der Waals surface area contributed by atoms with Crippen molar-refractivity contribution in [3.05, 3.63) is 35.9 Å². The van der Waals surface area contributed by atoms with Crippen LogP contribution in [0.25, 0.3) is 0 Å². The van der Waals surface area contributed by atoms with E-state index in [0.29, 0.717) is 12.8 Å². The maximum Gasteiger partial charge on any atom is 0.154 e. The lowest BCUT2D eigenvalue weighted by Crippen LogP contribution is -2.52. The van der Waals surface area contributed by atoms with Crippen molar-refractivity contribution < 1.29 is 9.59 Å². The third-order valence-corrected chi connectivity index (χ3v) is 3.86. The minimum atomic E-state index is -0.276. The molecule has 0 bridgehead atoms. The zero-order valence-corrected chi connectivity index (χ0v) is 11.6. The van der Waals surface area contributed by atoms with Gasteiger partial charge in [-0.1, -0.05) is 44.2 Å². The highest BCUT2D eigenvalue weighted by Crippen LogP contribution is 2.27. The van der Waals surface area contributed by atoms with E-state index in [1.807, 2.05) is 44.2 Å². The van der Waals surface area contributed by atoms with Gasteiger partial charge in [-0.25, -0.2) is 0 Å². The van der Waals surface area contributed by atoms with Gasteiger partial charge in [-0.15, -0.1) is 0 Å². The molecule has 0 saturated heterocycles. The molecule has 19 heavy (non-hydrogen) atoms. The van der Waals surface area contributed by atoms with Gasteiger partial charge in [0.1, 0.15) is 5.78 Å². The van der Waals surface area contributed by atoms with Gasteiger partial charge in [0.25, 0.3) is 0 Å². The number of nitrogens with one attached hydrogen (secondary N) is 1. The van der Waals surface area contributed by atoms with Crippen molar-refractivity contribution >= 4 is 11.6 Å². The summed E-state index contributed by atoms with van der Waals surface area (Å²) in [6.07, 6.45) is 1.97. The fourth-order valence-electron chi connectivity index (χ4n) is 2.47. The predicted molar refractivity (Wildman–Crippen MR) is 74.8 cm³/mol. The zero-order valence-electron chi connectivity index (χ0n) is 11.6. The minimum absolute atomic E-state index is 0.0284. The average Bonchev–Trinajstić information content (AvgIpc) is 2.44. The molecule has 3 heteroatoms. The van der Waals surface area contributed by atoms with Gasteiger partial charge in [-0.3, -0.25) is 14.9 Å². The lowest BCUT2D eigenvalue weighted by molar-refractivity contribution is -0.132. The second kappa shape index (κ2) is 6.11. The van der Waals surface area contributed by atoms with E-state index in [1.54, 1.807) is 0 Å². The largest absolute Gasteiger partial charge is 0.300 e. The maximum absolute atomic E-state index is 12.3. The first-order valence-corrected chi connectivity index (χ1v) is 7.00. The average molecular weight is 259 g/mol. The molecule has 3 nitrogen and oxygen atoms in total. The predicted octanol–water partition coefficient (Wildman–Crippen LogP) is 2.66. The van der Waals surface area contributed by atoms with Crippen LogP contribution >= 0.6 is 0 Å². The molecule has 1 fully saturated rings. The second-order valence-corrected chi connectivity index (χ2v) is 5.29. The highest BCUT2D eigenvalue weighted by molar-refractivity contribution is 5.89. The second-order valence-electron chi connectivity index (χ2n) is 5.29. The van der Waals surface area contributed by atoms with E-state index in [2.05, 4.69) is 5.32 Å². The van der Waals surface area contributed by atoms with Crippen LogP contribution in [0, 0.1) is 5.92 Å². The SMILES string of the molecule is CCCC(=O)C(NC1CC(=O)C1C)c1ccccc1. The molecule has 0 amide bonds. The van der Waals surface area contributed by atoms with E-state index in [-0.39, 0.29) is 29.6 Å². The van der Waals surface area contributed by atoms with Crippen molar-refractivity contribution in [1.29, 1.82) is 0 Å². The number of carbonyl (C=O) groups is 2. The number of hydrogen-bond donors (Lipinski definition) is 1. The number of ketones is 2. The van der Waals surface area contributed by atoms with Crippen molar-refractivity contribution in [2.45, 2.75) is 45.2 Å². The monoisotopic (exact) mass is 259 g/mol. The van der Waals surface area contributed by atoms with Crippen LogP contribution in [0.15, 0.2) is 30.3 Å². The van der Waals surface area contributed by atoms with Crippen molar-refractivity contribution in [3.8, 4) is 0 Å². The van der Waals surface area contributed by atoms with Crippen LogP contribution in [0.3, 0.4) is 0 Å². The molecule has 1 aliphatic carbocycles. The van der Waals surface area contributed by atoms with Gasteiger partial charge in [0.15, 0.2) is 5.78 Å². The minimum Gasteiger partial charge on any atom is -0.300 e. The van der Waals surface area contributed by atoms with Crippen LogP contribution in [0.5, 0.6) is 0 Å². The van der Waals surface area contributed by atoms with E-state index < -0.39 is 0 Å². The topological polar surface area (TPSA) is 46.2 Å². The van der Waals surface area contributed by atoms with E-state index in [4.69, 9.17) is 0 Å². The first-order valence-electron chi connectivity index (χ1n) is 7.00. The van der Waals surface area contributed by atoms with Crippen LogP contribution in [0.4, 0.5) is 0 Å². The van der Waals surface area contributed by atoms with Gasteiger partial charge in [0, 0.05) is 24.8 Å². The Hall–Kier alpha value is -1.48. The standard InChI is InChI=1S/C16H21NO2/c1-3-7-14(18)16(12-8-5-4-6-9-12)17-13-10-15(19)11(13)2/h4-6,8-9,11,13,16-17H,3,7,10H2,1-2H3. The molecular formula is C16H21NO2. The number of rotatable bonds is 6. The molecule has 0 aliphatic heterocycles. The van der Waals surface area contributed by atoms with E-state index in [9.17, 15) is 9.59 Å². The molecule has 0 aromatic heterocycles. The van der Waals surface area contributed by atoms with Crippen LogP contribution in [-0.2, 0) is 9.59 Å². The zero-order chi connectivity index (χ0) is 13.8. The molecule has 0 spiro atoms. The van der Waals surface area contributed by atoms with Crippen molar-refractivity contribution in [3.63, 3.8) is 0 Å². The maximum atomic E-state index is 12.3. The Morgan fingerprint density at radius 2 is 2.05 bits per heavy atom. The molecule has 1 N–H and O–H groups in total. The molecular weight excluding hydrogens is 238 g/mol. The summed E-state index contributed by atoms with van der Waals surface area (Å²) in [5.41, 5.74) is 0.993. The van der Waals surface area contributed by atoms with Gasteiger partial charge in [-0.2, -0.15) is 0 Å². The molecule has 102 valence electrons. The Balaban J connectivity index is 2.11. The molecule has 2 rings (SSSR count). The summed E-state index contributed by atoms with van der Waals surface area (Å²) in [5.74, 6) is 0.521. The number of hydrogen-bond acceptors (Lipinski definition) is 3. The molecule has 1 aromatic carbocycles. The molecule has 1 aromatic rings. The third-order valence-electron chi connectivity index (χ3n) is 3.86. The molecule has 0 heterocycles. The number of Topliss-reactive ketones (excluding diaryl/α,β-unsaturated/α-hetero) is 2. The number of carbonyl (C=O) groups excluding carboxylic acids is 2. The Kier molecular flexibility index (Phi) is 4.48. The third kappa shape index (κ3) is 3.10. The quantitative estimate of drug-likeness (QED) is 0.854. The Morgan fingerprint density at radius 1 is 1.37 bits per heavy atom. The Morgan fingerprint density at radius 3 is 2.58 bits per heavy atom. The normalized spacial score (nSPS) is 23.8. The fraction of sp³-hybridized carbons (Fsp3) is 0.500. The van der Waals surface area contributed by atoms with Crippen LogP contribution in [0.2, 0.25) is 0 Å². The summed E-state index contributed by atoms with van der Waals surface area (Å²) >= 11 is 0. The van der Waals surface area contributed by atoms with Gasteiger partial charge >= 0.3 is 0 Å². The fourth-order valence-corrected chi connectivity index (χ4v) is 2.47. The van der Waals surface area contributed by atoms with Crippen LogP contribution in [0.1, 0.15) is 44.7 Å². The first-order chi connectivity index (χ1) is 9.13. The first kappa shape index (κ1) is 13.9. The number of benzene rings is 1. The van der Waals surface area contributed by atoms with E-state index >= 15 is 0 Å². The molecule has 0 radical (unpaired) electrons. The van der Waals surface area contributed by atoms with Crippen LogP contribution < -0.4 is 5.32 Å². The summed E-state index contributed by atoms with van der Waals surface area (Å²) in [4.78, 5) is 23.6. The summed E-state index contributed by atoms with van der Waals surface area (Å²) in [6.45, 7) is 3.94. The van der Waals surface area contributed by atoms with Gasteiger partial charge in [0.05, 0.1) is 6.04 Å².